The number of amidine groups is 1. The second-order valence-electron chi connectivity index (χ2n) is 17.5. The number of carbonyl (C=O) groups is 2. The molecule has 18 nitrogen and oxygen atoms in total. The van der Waals surface area contributed by atoms with E-state index in [1.165, 1.54) is 15.4 Å². The quantitative estimate of drug-likeness (QED) is 0.0177. The fourth-order valence-corrected chi connectivity index (χ4v) is 14.3. The van der Waals surface area contributed by atoms with Gasteiger partial charge in [-0.15, -0.1) is 11.3 Å². The highest BCUT2D eigenvalue weighted by Crippen LogP contribution is 2.41. The summed E-state index contributed by atoms with van der Waals surface area (Å²) in [5, 5.41) is 23.2. The number of anilines is 1. The maximum absolute atomic E-state index is 14.3. The van der Waals surface area contributed by atoms with Gasteiger partial charge in [0.2, 0.25) is 24.9 Å². The van der Waals surface area contributed by atoms with Crippen molar-refractivity contribution in [3.63, 3.8) is 0 Å². The summed E-state index contributed by atoms with van der Waals surface area (Å²) in [5.74, 6) is 5.41. The second-order valence-corrected chi connectivity index (χ2v) is 23.4. The molecular weight excluding hydrogens is 998 g/mol. The Kier molecular flexibility index (Phi) is 17.5. The van der Waals surface area contributed by atoms with Gasteiger partial charge in [0, 0.05) is 75.7 Å². The van der Waals surface area contributed by atoms with Gasteiger partial charge in [-0.2, -0.15) is 14.5 Å². The fraction of sp³-hybridized carbons (Fsp3) is 0.400. The molecule has 6 heterocycles. The number of carboxylic acids is 1. The molecule has 0 bridgehead atoms. The number of sulfonamides is 1. The summed E-state index contributed by atoms with van der Waals surface area (Å²) in [6.07, 6.45) is 5.55. The van der Waals surface area contributed by atoms with Crippen LogP contribution in [0.2, 0.25) is 11.1 Å². The zero-order valence-corrected chi connectivity index (χ0v) is 44.1. The Hall–Kier alpha value is -5.62. The van der Waals surface area contributed by atoms with Crippen LogP contribution >= 0.6 is 22.9 Å². The van der Waals surface area contributed by atoms with Crippen molar-refractivity contribution in [1.82, 2.24) is 24.2 Å². The van der Waals surface area contributed by atoms with E-state index in [1.807, 2.05) is 37.3 Å². The van der Waals surface area contributed by atoms with Crippen LogP contribution in [0, 0.1) is 13.8 Å². The summed E-state index contributed by atoms with van der Waals surface area (Å²) in [6, 6.07) is 18.5. The van der Waals surface area contributed by atoms with Gasteiger partial charge < -0.3 is 44.8 Å². The predicted octanol–water partition coefficient (Wildman–Crippen LogP) is 6.41. The average molecular weight is 1060 g/mol. The number of piperidine rings is 1. The van der Waals surface area contributed by atoms with Gasteiger partial charge >= 0.3 is 5.97 Å². The number of nitrogens with one attached hydrogen (secondary N) is 1. The number of benzene rings is 2. The normalized spacial score (nSPS) is 16.3. The van der Waals surface area contributed by atoms with Crippen LogP contribution in [0.3, 0.4) is 0 Å². The van der Waals surface area contributed by atoms with Crippen molar-refractivity contribution in [2.45, 2.75) is 69.7 Å². The number of fused-ring (bicyclic) bond motifs is 3. The van der Waals surface area contributed by atoms with Crippen LogP contribution in [-0.2, 0) is 45.0 Å². The first kappa shape index (κ1) is 52.7. The first-order valence-corrected chi connectivity index (χ1v) is 28.1. The number of amides is 1. The summed E-state index contributed by atoms with van der Waals surface area (Å²) >= 11 is 7.93. The molecule has 1 unspecified atom stereocenters. The lowest BCUT2D eigenvalue weighted by Crippen LogP contribution is -2.47. The molecule has 0 saturated carbocycles. The predicted molar refractivity (Wildman–Crippen MR) is 281 cm³/mol. The zero-order chi connectivity index (χ0) is 50.9. The van der Waals surface area contributed by atoms with Crippen molar-refractivity contribution < 1.29 is 42.1 Å². The van der Waals surface area contributed by atoms with Gasteiger partial charge in [0.1, 0.15) is 10.8 Å². The highest BCUT2D eigenvalue weighted by molar-refractivity contribution is 7.89. The number of hydrazone groups is 1. The van der Waals surface area contributed by atoms with Crippen molar-refractivity contribution in [2.75, 3.05) is 70.8 Å². The van der Waals surface area contributed by atoms with Crippen LogP contribution in [0.5, 0.6) is 0 Å². The van der Waals surface area contributed by atoms with Gasteiger partial charge in [-0.1, -0.05) is 35.9 Å². The molecule has 2 aliphatic heterocycles. The van der Waals surface area contributed by atoms with Crippen LogP contribution < -0.4 is 16.1 Å². The van der Waals surface area contributed by atoms with Gasteiger partial charge in [-0.3, -0.25) is 14.6 Å². The minimum atomic E-state index is -3.96. The average Bonchev–Trinajstić information content (AvgIpc) is 3.87. The van der Waals surface area contributed by atoms with Crippen LogP contribution in [-0.4, -0.2) is 142 Å². The number of nitrogens with two attached hydrogens (primary N) is 1. The van der Waals surface area contributed by atoms with Gasteiger partial charge in [0.25, 0.3) is 0 Å². The van der Waals surface area contributed by atoms with E-state index in [1.54, 1.807) is 58.6 Å². The van der Waals surface area contributed by atoms with Gasteiger partial charge in [0.05, 0.1) is 86.6 Å². The summed E-state index contributed by atoms with van der Waals surface area (Å²) in [7, 11) is -5.68. The summed E-state index contributed by atoms with van der Waals surface area (Å²) in [6.45, 7) is 11.6. The van der Waals surface area contributed by atoms with E-state index in [0.29, 0.717) is 104 Å². The molecule has 1 amide bonds. The number of nitrogens with zero attached hydrogens (tertiary/aromatic N) is 7. The minimum Gasteiger partial charge on any atom is -0.481 e. The maximum Gasteiger partial charge on any atom is 0.307 e. The monoisotopic (exact) mass is 1060 g/mol. The SMILES string of the molecule is C/C(=N/N)N1c2sc(C)c(C)c2C(c2ccc(Cl)cc2)=N[Si](CC(=O)NCCOCCOCCOCCOC2CCN(S(=O)(=O)c3ccc4cccnc4c3-c3ccn4ncc(CC(=O)O)c4c3)CC2)C1C. The van der Waals surface area contributed by atoms with E-state index in [9.17, 15) is 23.1 Å². The first-order valence-electron chi connectivity index (χ1n) is 23.8. The molecule has 0 spiro atoms. The number of thiophene rings is 1. The van der Waals surface area contributed by atoms with E-state index in [2.05, 4.69) is 46.2 Å². The molecule has 72 heavy (non-hydrogen) atoms. The summed E-state index contributed by atoms with van der Waals surface area (Å²) in [4.78, 5) is 32.9. The largest absolute Gasteiger partial charge is 0.481 e. The van der Waals surface area contributed by atoms with Crippen LogP contribution in [0.25, 0.3) is 27.5 Å². The van der Waals surface area contributed by atoms with Crippen LogP contribution in [0.15, 0.2) is 93.9 Å². The number of pyridine rings is 2. The highest BCUT2D eigenvalue weighted by atomic mass is 35.5. The number of carboxylic acid groups (broad SMARTS) is 1. The zero-order valence-electron chi connectivity index (χ0n) is 40.7. The third-order valence-electron chi connectivity index (χ3n) is 12.8. The summed E-state index contributed by atoms with van der Waals surface area (Å²) in [5.41, 5.74) is 6.51. The van der Waals surface area contributed by atoms with Gasteiger partial charge in [0.15, 0.2) is 0 Å². The van der Waals surface area contributed by atoms with Crippen LogP contribution in [0.4, 0.5) is 5.00 Å². The topological polar surface area (TPSA) is 225 Å². The van der Waals surface area contributed by atoms with E-state index in [0.717, 1.165) is 32.8 Å². The van der Waals surface area contributed by atoms with Crippen molar-refractivity contribution in [3.05, 3.63) is 111 Å². The van der Waals surface area contributed by atoms with Crippen molar-refractivity contribution in [3.8, 4) is 11.1 Å². The molecule has 2 aromatic carbocycles. The number of hydrogen-bond donors (Lipinski definition) is 3. The molecule has 2 aliphatic rings. The van der Waals surface area contributed by atoms with Crippen LogP contribution in [0.1, 0.15) is 53.8 Å². The summed E-state index contributed by atoms with van der Waals surface area (Å²) < 4.78 is 60.3. The Labute approximate surface area is 429 Å². The fourth-order valence-electron chi connectivity index (χ4n) is 8.96. The smallest absolute Gasteiger partial charge is 0.307 e. The number of aliphatic carboxylic acids is 1. The van der Waals surface area contributed by atoms with Crippen molar-refractivity contribution in [1.29, 1.82) is 0 Å². The molecular formula is C50H59ClN9O9S2Si. The number of hydrogen-bond acceptors (Lipinski definition) is 14. The molecule has 381 valence electrons. The number of ether oxygens (including phenoxy) is 4. The number of aromatic nitrogens is 3. The molecule has 6 aromatic rings. The molecule has 8 rings (SSSR count). The molecule has 1 atom stereocenters. The Morgan fingerprint density at radius 3 is 2.38 bits per heavy atom. The minimum absolute atomic E-state index is 0.0998. The number of aryl methyl sites for hydroxylation is 1. The molecule has 4 aromatic heterocycles. The Morgan fingerprint density at radius 1 is 0.958 bits per heavy atom. The van der Waals surface area contributed by atoms with E-state index >= 15 is 0 Å². The van der Waals surface area contributed by atoms with E-state index in [4.69, 9.17) is 41.0 Å². The van der Waals surface area contributed by atoms with E-state index < -0.39 is 25.0 Å². The van der Waals surface area contributed by atoms with Crippen molar-refractivity contribution in [2.24, 2.45) is 15.6 Å². The lowest BCUT2D eigenvalue weighted by atomic mass is 10.00. The number of rotatable bonds is 21. The van der Waals surface area contributed by atoms with Gasteiger partial charge in [-0.25, -0.2) is 12.9 Å². The first-order chi connectivity index (χ1) is 34.7. The van der Waals surface area contributed by atoms with Gasteiger partial charge in [-0.05, 0) is 93.6 Å². The maximum atomic E-state index is 14.3. The highest BCUT2D eigenvalue weighted by Gasteiger charge is 2.38. The molecule has 4 N–H and O–H groups in total. The number of halogens is 1. The third-order valence-corrected chi connectivity index (χ3v) is 18.6. The second kappa shape index (κ2) is 23.9. The molecule has 1 saturated heterocycles. The number of carbonyl (C=O) groups excluding carboxylic acids is 1. The Bertz CT molecular complexity index is 3070. The molecule has 22 heteroatoms. The lowest BCUT2D eigenvalue weighted by Gasteiger charge is -2.31. The lowest BCUT2D eigenvalue weighted by molar-refractivity contribution is -0.136. The molecule has 1 radical (unpaired) electrons. The van der Waals surface area contributed by atoms with Crippen molar-refractivity contribution >= 4 is 86.8 Å². The Balaban J connectivity index is 0.729. The molecule has 0 aliphatic carbocycles. The Morgan fingerprint density at radius 2 is 1.67 bits per heavy atom. The standard InChI is InChI=1S/C50H59ClN9O9S2Si/c1-32-33(2)70-50-46(32)49(37-7-10-40(51)11-8-37)57-72(35(4)60(50)34(3)56-52)31-44(61)53-17-21-66-22-23-67-24-25-68-26-27-69-41-14-18-58(19-15-41)71(64,65)43-12-9-36-6-5-16-54-48(36)47(43)38-13-20-59-42(28-38)39(30-55-59)29-45(62)63/h5-13,16,20,28,30,35,41H,14-15,17-19,21-27,29,31,52H2,1-4H3,(H,53,61)(H,62,63)/b56-34-. The van der Waals surface area contributed by atoms with E-state index in [-0.39, 0.29) is 48.1 Å². The third kappa shape index (κ3) is 12.1. The molecule has 1 fully saturated rings.